The van der Waals surface area contributed by atoms with E-state index in [2.05, 4.69) is 71.2 Å². The van der Waals surface area contributed by atoms with Gasteiger partial charge in [-0.1, -0.05) is 30.3 Å². The van der Waals surface area contributed by atoms with Crippen molar-refractivity contribution in [1.82, 2.24) is 14.9 Å². The minimum Gasteiger partial charge on any atom is -0.483 e. The fraction of sp³-hybridized carbons (Fsp3) is 0.500. The standard InChI is InChI=1S/C27H34N4.CH2O2/c1-19-8-9-22-23(30(19)2)10-11-24-26(22)29-25(16-20-6-4-3-5-7-20)31(24)21-17-27(18-21)12-14-28-15-13-27;2-1-3/h3-7,10-11,19,21,28H,8-9,12-18H2,1-2H3;1H,(H,2,3). The van der Waals surface area contributed by atoms with Crippen LogP contribution in [0.25, 0.3) is 11.0 Å². The van der Waals surface area contributed by atoms with E-state index in [4.69, 9.17) is 14.9 Å². The second-order valence-corrected chi connectivity index (χ2v) is 10.4. The molecule has 3 heterocycles. The van der Waals surface area contributed by atoms with Crippen LogP contribution in [-0.4, -0.2) is 47.3 Å². The number of carbonyl (C=O) groups is 1. The normalized spacial score (nSPS) is 21.5. The number of rotatable bonds is 3. The molecule has 34 heavy (non-hydrogen) atoms. The van der Waals surface area contributed by atoms with Gasteiger partial charge in [-0.25, -0.2) is 4.98 Å². The molecule has 1 saturated carbocycles. The number of carboxylic acid groups (broad SMARTS) is 1. The maximum Gasteiger partial charge on any atom is 0.290 e. The number of aryl methyl sites for hydroxylation is 1. The summed E-state index contributed by atoms with van der Waals surface area (Å²) in [6, 6.07) is 16.8. The highest BCUT2D eigenvalue weighted by molar-refractivity contribution is 5.86. The van der Waals surface area contributed by atoms with Gasteiger partial charge in [-0.3, -0.25) is 4.79 Å². The summed E-state index contributed by atoms with van der Waals surface area (Å²) in [6.07, 6.45) is 8.57. The number of anilines is 1. The molecular weight excluding hydrogens is 424 g/mol. The van der Waals surface area contributed by atoms with Gasteiger partial charge in [-0.15, -0.1) is 0 Å². The van der Waals surface area contributed by atoms with Crippen molar-refractivity contribution in [2.24, 2.45) is 5.41 Å². The lowest BCUT2D eigenvalue weighted by molar-refractivity contribution is -0.122. The summed E-state index contributed by atoms with van der Waals surface area (Å²) < 4.78 is 2.63. The maximum absolute atomic E-state index is 8.36. The molecule has 0 radical (unpaired) electrons. The van der Waals surface area contributed by atoms with Gasteiger partial charge in [-0.05, 0) is 81.6 Å². The summed E-state index contributed by atoms with van der Waals surface area (Å²) in [6.45, 7) is 4.46. The summed E-state index contributed by atoms with van der Waals surface area (Å²) in [5.74, 6) is 1.25. The van der Waals surface area contributed by atoms with Crippen molar-refractivity contribution in [3.63, 3.8) is 0 Å². The number of nitrogens with zero attached hydrogens (tertiary/aromatic N) is 3. The van der Waals surface area contributed by atoms with Crippen molar-refractivity contribution in [3.05, 3.63) is 59.4 Å². The highest BCUT2D eigenvalue weighted by atomic mass is 16.3. The van der Waals surface area contributed by atoms with Gasteiger partial charge >= 0.3 is 0 Å². The second-order valence-electron chi connectivity index (χ2n) is 10.4. The molecule has 2 N–H and O–H groups in total. The molecule has 1 atom stereocenters. The number of hydrogen-bond donors (Lipinski definition) is 2. The molecule has 0 bridgehead atoms. The van der Waals surface area contributed by atoms with E-state index in [0.29, 0.717) is 17.5 Å². The molecule has 6 heteroatoms. The lowest BCUT2D eigenvalue weighted by Gasteiger charge is -2.51. The third kappa shape index (κ3) is 4.09. The van der Waals surface area contributed by atoms with E-state index in [1.807, 2.05) is 0 Å². The van der Waals surface area contributed by atoms with Crippen molar-refractivity contribution >= 4 is 23.2 Å². The number of fused-ring (bicyclic) bond motifs is 3. The molecule has 1 unspecified atom stereocenters. The van der Waals surface area contributed by atoms with Gasteiger partial charge in [0.15, 0.2) is 0 Å². The Balaban J connectivity index is 0.000000764. The van der Waals surface area contributed by atoms with E-state index in [9.17, 15) is 0 Å². The monoisotopic (exact) mass is 460 g/mol. The Morgan fingerprint density at radius 1 is 1.15 bits per heavy atom. The van der Waals surface area contributed by atoms with Gasteiger partial charge < -0.3 is 19.9 Å². The van der Waals surface area contributed by atoms with Crippen LogP contribution in [0.1, 0.15) is 62.0 Å². The van der Waals surface area contributed by atoms with Crippen molar-refractivity contribution in [1.29, 1.82) is 0 Å². The Morgan fingerprint density at radius 3 is 2.56 bits per heavy atom. The maximum atomic E-state index is 8.36. The molecule has 2 fully saturated rings. The van der Waals surface area contributed by atoms with E-state index in [0.717, 1.165) is 12.8 Å². The van der Waals surface area contributed by atoms with Crippen molar-refractivity contribution in [3.8, 4) is 0 Å². The van der Waals surface area contributed by atoms with E-state index in [-0.39, 0.29) is 6.47 Å². The predicted molar refractivity (Wildman–Crippen MR) is 137 cm³/mol. The Hall–Kier alpha value is -2.86. The Kier molecular flexibility index (Phi) is 6.34. The number of benzene rings is 2. The molecule has 1 aliphatic carbocycles. The smallest absolute Gasteiger partial charge is 0.290 e. The average molecular weight is 461 g/mol. The predicted octanol–water partition coefficient (Wildman–Crippen LogP) is 4.80. The largest absolute Gasteiger partial charge is 0.483 e. The van der Waals surface area contributed by atoms with Gasteiger partial charge in [0.25, 0.3) is 6.47 Å². The van der Waals surface area contributed by atoms with Gasteiger partial charge in [0.05, 0.1) is 11.0 Å². The molecule has 6 rings (SSSR count). The number of piperidine rings is 1. The fourth-order valence-electron chi connectivity index (χ4n) is 6.41. The zero-order chi connectivity index (χ0) is 23.7. The molecule has 1 spiro atoms. The van der Waals surface area contributed by atoms with Crippen LogP contribution in [0, 0.1) is 5.41 Å². The number of aromatic nitrogens is 2. The Labute approximate surface area is 202 Å². The van der Waals surface area contributed by atoms with Crippen LogP contribution in [0.4, 0.5) is 5.69 Å². The molecule has 6 nitrogen and oxygen atoms in total. The van der Waals surface area contributed by atoms with Gasteiger partial charge in [0, 0.05) is 36.8 Å². The topological polar surface area (TPSA) is 70.4 Å². The summed E-state index contributed by atoms with van der Waals surface area (Å²) in [5, 5.41) is 10.4. The van der Waals surface area contributed by atoms with Gasteiger partial charge in [-0.2, -0.15) is 0 Å². The fourth-order valence-corrected chi connectivity index (χ4v) is 6.41. The molecule has 3 aromatic rings. The Morgan fingerprint density at radius 2 is 1.85 bits per heavy atom. The van der Waals surface area contributed by atoms with Crippen molar-refractivity contribution in [2.75, 3.05) is 25.0 Å². The number of hydrogen-bond acceptors (Lipinski definition) is 4. The Bertz CT molecular complexity index is 1140. The lowest BCUT2D eigenvalue weighted by atomic mass is 9.60. The molecule has 2 aromatic carbocycles. The minimum absolute atomic E-state index is 0.250. The first-order valence-corrected chi connectivity index (χ1v) is 12.6. The lowest BCUT2D eigenvalue weighted by Crippen LogP contribution is -2.46. The zero-order valence-electron chi connectivity index (χ0n) is 20.3. The molecule has 1 aromatic heterocycles. The number of imidazole rings is 1. The van der Waals surface area contributed by atoms with E-state index in [1.54, 1.807) is 0 Å². The third-order valence-corrected chi connectivity index (χ3v) is 8.44. The molecule has 180 valence electrons. The summed E-state index contributed by atoms with van der Waals surface area (Å²) in [7, 11) is 2.24. The minimum atomic E-state index is -0.250. The third-order valence-electron chi connectivity index (χ3n) is 8.44. The molecule has 2 aliphatic heterocycles. The zero-order valence-corrected chi connectivity index (χ0v) is 20.3. The van der Waals surface area contributed by atoms with Crippen molar-refractivity contribution < 1.29 is 9.90 Å². The SMILES string of the molecule is CC1CCc2c(ccc3c2nc(Cc2ccccc2)n3C2CC3(CCNCC3)C2)N1C.O=CO. The molecule has 3 aliphatic rings. The molecule has 1 saturated heterocycles. The molecular formula is C28H36N4O2. The van der Waals surface area contributed by atoms with Crippen LogP contribution in [0.5, 0.6) is 0 Å². The van der Waals surface area contributed by atoms with Crippen LogP contribution in [0.2, 0.25) is 0 Å². The van der Waals surface area contributed by atoms with Gasteiger partial charge in [0.2, 0.25) is 0 Å². The van der Waals surface area contributed by atoms with E-state index >= 15 is 0 Å². The molecule has 0 amide bonds. The van der Waals surface area contributed by atoms with Crippen LogP contribution in [-0.2, 0) is 17.6 Å². The first-order chi connectivity index (χ1) is 16.5. The average Bonchev–Trinajstić information content (AvgIpc) is 3.19. The van der Waals surface area contributed by atoms with Crippen LogP contribution >= 0.6 is 0 Å². The number of nitrogens with one attached hydrogen (secondary N) is 1. The summed E-state index contributed by atoms with van der Waals surface area (Å²) >= 11 is 0. The van der Waals surface area contributed by atoms with Crippen LogP contribution in [0.3, 0.4) is 0 Å². The first-order valence-electron chi connectivity index (χ1n) is 12.6. The second kappa shape index (κ2) is 9.41. The highest BCUT2D eigenvalue weighted by Crippen LogP contribution is 2.55. The first kappa shape index (κ1) is 22.9. The van der Waals surface area contributed by atoms with Crippen molar-refractivity contribution in [2.45, 2.75) is 64.0 Å². The van der Waals surface area contributed by atoms with Crippen LogP contribution in [0.15, 0.2) is 42.5 Å². The van der Waals surface area contributed by atoms with E-state index in [1.165, 1.54) is 78.9 Å². The van der Waals surface area contributed by atoms with E-state index < -0.39 is 0 Å². The quantitative estimate of drug-likeness (QED) is 0.549. The highest BCUT2D eigenvalue weighted by Gasteiger charge is 2.46. The summed E-state index contributed by atoms with van der Waals surface area (Å²) in [5.41, 5.74) is 7.39. The summed E-state index contributed by atoms with van der Waals surface area (Å²) in [4.78, 5) is 16.1. The van der Waals surface area contributed by atoms with Crippen LogP contribution < -0.4 is 10.2 Å². The van der Waals surface area contributed by atoms with Gasteiger partial charge in [0.1, 0.15) is 5.82 Å².